The van der Waals surface area contributed by atoms with Crippen LogP contribution in [-0.2, 0) is 5.54 Å². The maximum Gasteiger partial charge on any atom is 0.417 e. The van der Waals surface area contributed by atoms with Crippen molar-refractivity contribution in [2.24, 2.45) is 5.73 Å². The molecule has 1 aromatic heterocycles. The van der Waals surface area contributed by atoms with Crippen LogP contribution in [-0.4, -0.2) is 4.98 Å². The van der Waals surface area contributed by atoms with Crippen molar-refractivity contribution in [3.8, 4) is 0 Å². The van der Waals surface area contributed by atoms with Crippen LogP contribution in [0.2, 0.25) is 0 Å². The zero-order chi connectivity index (χ0) is 11.9. The maximum atomic E-state index is 11.1. The van der Waals surface area contributed by atoms with Crippen molar-refractivity contribution >= 4 is 11.1 Å². The van der Waals surface area contributed by atoms with E-state index in [2.05, 4.69) is 4.98 Å². The molecule has 0 bridgehead atoms. The SMILES string of the molecule is NC1(c2ccc3oc(=O)[nH]c3c2)CCCCC1. The van der Waals surface area contributed by atoms with E-state index in [0.29, 0.717) is 5.58 Å². The monoisotopic (exact) mass is 232 g/mol. The molecule has 1 fully saturated rings. The summed E-state index contributed by atoms with van der Waals surface area (Å²) >= 11 is 0. The number of rotatable bonds is 1. The van der Waals surface area contributed by atoms with Gasteiger partial charge >= 0.3 is 5.76 Å². The van der Waals surface area contributed by atoms with Gasteiger partial charge in [0.25, 0.3) is 0 Å². The summed E-state index contributed by atoms with van der Waals surface area (Å²) in [6.45, 7) is 0. The van der Waals surface area contributed by atoms with Gasteiger partial charge < -0.3 is 10.2 Å². The molecule has 17 heavy (non-hydrogen) atoms. The Kier molecular flexibility index (Phi) is 2.33. The third-order valence-electron chi connectivity index (χ3n) is 3.74. The van der Waals surface area contributed by atoms with Crippen LogP contribution in [0.15, 0.2) is 27.4 Å². The van der Waals surface area contributed by atoms with Crippen LogP contribution in [0.4, 0.5) is 0 Å². The summed E-state index contributed by atoms with van der Waals surface area (Å²) in [5.74, 6) is -0.410. The lowest BCUT2D eigenvalue weighted by molar-refractivity contribution is 0.302. The Labute approximate surface area is 98.8 Å². The van der Waals surface area contributed by atoms with Crippen molar-refractivity contribution < 1.29 is 4.42 Å². The van der Waals surface area contributed by atoms with E-state index in [1.165, 1.54) is 19.3 Å². The second-order valence-corrected chi connectivity index (χ2v) is 4.94. The summed E-state index contributed by atoms with van der Waals surface area (Å²) in [5.41, 5.74) is 8.65. The smallest absolute Gasteiger partial charge is 0.408 e. The van der Waals surface area contributed by atoms with Gasteiger partial charge in [0, 0.05) is 5.54 Å². The van der Waals surface area contributed by atoms with Crippen molar-refractivity contribution in [2.45, 2.75) is 37.6 Å². The Hall–Kier alpha value is -1.55. The van der Waals surface area contributed by atoms with Gasteiger partial charge in [-0.3, -0.25) is 4.98 Å². The number of aromatic amines is 1. The quantitative estimate of drug-likeness (QED) is 0.792. The average Bonchev–Trinajstić information content (AvgIpc) is 2.69. The first-order chi connectivity index (χ1) is 8.17. The van der Waals surface area contributed by atoms with E-state index in [4.69, 9.17) is 10.2 Å². The lowest BCUT2D eigenvalue weighted by atomic mass is 9.77. The second-order valence-electron chi connectivity index (χ2n) is 4.94. The number of H-pyrrole nitrogens is 1. The molecule has 0 spiro atoms. The molecule has 1 aromatic carbocycles. The number of hydrogen-bond acceptors (Lipinski definition) is 3. The fourth-order valence-corrected chi connectivity index (χ4v) is 2.73. The molecule has 3 rings (SSSR count). The van der Waals surface area contributed by atoms with Crippen molar-refractivity contribution in [2.75, 3.05) is 0 Å². The van der Waals surface area contributed by atoms with Gasteiger partial charge in [0.15, 0.2) is 5.58 Å². The zero-order valence-corrected chi connectivity index (χ0v) is 9.66. The number of fused-ring (bicyclic) bond motifs is 1. The van der Waals surface area contributed by atoms with E-state index in [9.17, 15) is 4.79 Å². The molecule has 0 unspecified atom stereocenters. The first-order valence-electron chi connectivity index (χ1n) is 6.10. The molecule has 1 saturated carbocycles. The van der Waals surface area contributed by atoms with Crippen molar-refractivity contribution in [1.29, 1.82) is 0 Å². The van der Waals surface area contributed by atoms with E-state index in [-0.39, 0.29) is 5.54 Å². The van der Waals surface area contributed by atoms with Gasteiger partial charge in [-0.1, -0.05) is 25.3 Å². The van der Waals surface area contributed by atoms with Crippen molar-refractivity contribution in [3.63, 3.8) is 0 Å². The van der Waals surface area contributed by atoms with Crippen LogP contribution in [0.1, 0.15) is 37.7 Å². The molecule has 0 amide bonds. The predicted molar refractivity (Wildman–Crippen MR) is 65.8 cm³/mol. The minimum absolute atomic E-state index is 0.236. The first-order valence-corrected chi connectivity index (χ1v) is 6.10. The molecule has 4 heteroatoms. The van der Waals surface area contributed by atoms with E-state index >= 15 is 0 Å². The van der Waals surface area contributed by atoms with Gasteiger partial charge in [0.1, 0.15) is 0 Å². The Morgan fingerprint density at radius 1 is 1.24 bits per heavy atom. The second kappa shape index (κ2) is 3.74. The highest BCUT2D eigenvalue weighted by molar-refractivity contribution is 5.73. The number of nitrogens with two attached hydrogens (primary N) is 1. The largest absolute Gasteiger partial charge is 0.417 e. The molecule has 4 nitrogen and oxygen atoms in total. The Morgan fingerprint density at radius 2 is 2.00 bits per heavy atom. The fraction of sp³-hybridized carbons (Fsp3) is 0.462. The van der Waals surface area contributed by atoms with Gasteiger partial charge in [0.2, 0.25) is 0 Å². The molecule has 0 saturated heterocycles. The average molecular weight is 232 g/mol. The van der Waals surface area contributed by atoms with E-state index in [1.807, 2.05) is 18.2 Å². The van der Waals surface area contributed by atoms with Crippen LogP contribution in [0.3, 0.4) is 0 Å². The highest BCUT2D eigenvalue weighted by atomic mass is 16.4. The van der Waals surface area contributed by atoms with E-state index < -0.39 is 5.76 Å². The minimum atomic E-state index is -0.410. The molecular weight excluding hydrogens is 216 g/mol. The van der Waals surface area contributed by atoms with Crippen LogP contribution < -0.4 is 11.5 Å². The number of aromatic nitrogens is 1. The Bertz CT molecular complexity index is 591. The molecule has 90 valence electrons. The molecule has 1 heterocycles. The van der Waals surface area contributed by atoms with Crippen LogP contribution in [0.5, 0.6) is 0 Å². The van der Waals surface area contributed by atoms with Crippen LogP contribution in [0.25, 0.3) is 11.1 Å². The first kappa shape index (κ1) is 10.6. The van der Waals surface area contributed by atoms with E-state index in [1.54, 1.807) is 0 Å². The third kappa shape index (κ3) is 1.78. The molecule has 0 aliphatic heterocycles. The van der Waals surface area contributed by atoms with Gasteiger partial charge in [-0.15, -0.1) is 0 Å². The van der Waals surface area contributed by atoms with Gasteiger partial charge in [-0.25, -0.2) is 4.79 Å². The summed E-state index contributed by atoms with van der Waals surface area (Å²) < 4.78 is 4.99. The van der Waals surface area contributed by atoms with Gasteiger partial charge in [-0.05, 0) is 30.5 Å². The highest BCUT2D eigenvalue weighted by Crippen LogP contribution is 2.35. The molecule has 0 atom stereocenters. The number of hydrogen-bond donors (Lipinski definition) is 2. The lowest BCUT2D eigenvalue weighted by Gasteiger charge is -2.33. The molecule has 3 N–H and O–H groups in total. The molecule has 1 aliphatic rings. The topological polar surface area (TPSA) is 72.0 Å². The lowest BCUT2D eigenvalue weighted by Crippen LogP contribution is -2.38. The molecule has 0 radical (unpaired) electrons. The van der Waals surface area contributed by atoms with Crippen molar-refractivity contribution in [1.82, 2.24) is 4.98 Å². The van der Waals surface area contributed by atoms with E-state index in [0.717, 1.165) is 23.9 Å². The summed E-state index contributed by atoms with van der Waals surface area (Å²) in [6, 6.07) is 5.75. The van der Waals surface area contributed by atoms with Gasteiger partial charge in [0.05, 0.1) is 5.52 Å². The third-order valence-corrected chi connectivity index (χ3v) is 3.74. The fourth-order valence-electron chi connectivity index (χ4n) is 2.73. The Balaban J connectivity index is 2.07. The predicted octanol–water partition coefficient (Wildman–Crippen LogP) is 2.24. The number of oxazole rings is 1. The molecule has 1 aliphatic carbocycles. The minimum Gasteiger partial charge on any atom is -0.408 e. The summed E-state index contributed by atoms with van der Waals surface area (Å²) in [5, 5.41) is 0. The van der Waals surface area contributed by atoms with Gasteiger partial charge in [-0.2, -0.15) is 0 Å². The van der Waals surface area contributed by atoms with Crippen molar-refractivity contribution in [3.05, 3.63) is 34.3 Å². The summed E-state index contributed by atoms with van der Waals surface area (Å²) in [4.78, 5) is 13.8. The number of nitrogens with one attached hydrogen (secondary N) is 1. The van der Waals surface area contributed by atoms with Crippen LogP contribution in [0, 0.1) is 0 Å². The standard InChI is InChI=1S/C13H16N2O2/c14-13(6-2-1-3-7-13)9-4-5-11-10(8-9)15-12(16)17-11/h4-5,8H,1-3,6-7,14H2,(H,15,16). The normalized spacial score (nSPS) is 19.6. The highest BCUT2D eigenvalue weighted by Gasteiger charge is 2.29. The Morgan fingerprint density at radius 3 is 2.76 bits per heavy atom. The summed E-state index contributed by atoms with van der Waals surface area (Å²) in [7, 11) is 0. The summed E-state index contributed by atoms with van der Waals surface area (Å²) in [6.07, 6.45) is 5.65. The number of benzene rings is 1. The maximum absolute atomic E-state index is 11.1. The van der Waals surface area contributed by atoms with Crippen LogP contribution >= 0.6 is 0 Å². The molecule has 2 aromatic rings. The zero-order valence-electron chi connectivity index (χ0n) is 9.66. The molecular formula is C13H16N2O2.